The highest BCUT2D eigenvalue weighted by molar-refractivity contribution is 5.70. The van der Waals surface area contributed by atoms with Crippen LogP contribution in [0, 0.1) is 0 Å². The maximum absolute atomic E-state index is 12.7. The Hall–Kier alpha value is -2.45. The van der Waals surface area contributed by atoms with Crippen molar-refractivity contribution in [2.24, 2.45) is 0 Å². The molecule has 0 aromatic heterocycles. The Morgan fingerprint density at radius 3 is 1.43 bits per heavy atom. The lowest BCUT2D eigenvalue weighted by Gasteiger charge is -2.34. The second kappa shape index (κ2) is 37.5. The van der Waals surface area contributed by atoms with Crippen molar-refractivity contribution in [1.82, 2.24) is 0 Å². The van der Waals surface area contributed by atoms with E-state index in [4.69, 9.17) is 14.2 Å². The second-order valence-electron chi connectivity index (χ2n) is 16.0. The van der Waals surface area contributed by atoms with E-state index in [1.54, 1.807) is 21.1 Å². The topological polar surface area (TPSA) is 102 Å². The van der Waals surface area contributed by atoms with Crippen LogP contribution in [-0.2, 0) is 28.6 Å². The first-order valence-electron chi connectivity index (χ1n) is 22.0. The zero-order chi connectivity index (χ0) is 40.0. The molecule has 0 aliphatic rings. The highest BCUT2D eigenvalue weighted by Crippen LogP contribution is 2.14. The third kappa shape index (κ3) is 35.3. The van der Waals surface area contributed by atoms with Crippen molar-refractivity contribution < 1.29 is 38.2 Å². The monoisotopic (exact) mass is 762 g/mol. The summed E-state index contributed by atoms with van der Waals surface area (Å²) in [7, 11) is 5.40. The van der Waals surface area contributed by atoms with Gasteiger partial charge in [0.2, 0.25) is 0 Å². The maximum atomic E-state index is 12.7. The van der Waals surface area contributed by atoms with Gasteiger partial charge in [0.15, 0.2) is 6.10 Å². The molecule has 54 heavy (non-hydrogen) atoms. The van der Waals surface area contributed by atoms with E-state index in [-0.39, 0.29) is 42.7 Å². The summed E-state index contributed by atoms with van der Waals surface area (Å²) in [5.41, 5.74) is 0. The first-order chi connectivity index (χ1) is 26.1. The van der Waals surface area contributed by atoms with Crippen molar-refractivity contribution in [2.75, 3.05) is 41.0 Å². The molecular formula is C46H83NO7. The molecule has 8 heteroatoms. The standard InChI is InChI=1S/C46H83NO7/c1-6-8-10-12-14-16-18-20-21-22-23-24-25-27-29-31-33-35-37-45(49)54-42(40-52-39-38-43(46(50)51)47(3,4)5)41-53-44(48)36-34-32-30-28-26-19-17-15-13-11-9-7-2/h18,20-24,42-43H,6-17,19,25-41H2,1-5H3/b20-18+,22-21+,24-23+. The van der Waals surface area contributed by atoms with Crippen LogP contribution in [0.25, 0.3) is 0 Å². The minimum absolute atomic E-state index is 0.0344. The van der Waals surface area contributed by atoms with E-state index in [0.29, 0.717) is 12.8 Å². The summed E-state index contributed by atoms with van der Waals surface area (Å²) < 4.78 is 17.1. The molecule has 0 aliphatic carbocycles. The largest absolute Gasteiger partial charge is 0.544 e. The smallest absolute Gasteiger partial charge is 0.306 e. The van der Waals surface area contributed by atoms with Crippen LogP contribution >= 0.6 is 0 Å². The molecular weight excluding hydrogens is 679 g/mol. The van der Waals surface area contributed by atoms with Crippen LogP contribution in [-0.4, -0.2) is 75.5 Å². The fourth-order valence-electron chi connectivity index (χ4n) is 6.37. The van der Waals surface area contributed by atoms with E-state index in [9.17, 15) is 19.5 Å². The average molecular weight is 762 g/mol. The average Bonchev–Trinajstić information content (AvgIpc) is 3.12. The van der Waals surface area contributed by atoms with E-state index >= 15 is 0 Å². The maximum Gasteiger partial charge on any atom is 0.306 e. The number of carboxylic acids is 1. The zero-order valence-electron chi connectivity index (χ0n) is 35.6. The van der Waals surface area contributed by atoms with Crippen LogP contribution in [0.5, 0.6) is 0 Å². The van der Waals surface area contributed by atoms with Crippen LogP contribution in [0.2, 0.25) is 0 Å². The van der Waals surface area contributed by atoms with Gasteiger partial charge >= 0.3 is 11.9 Å². The molecule has 0 aromatic carbocycles. The predicted octanol–water partition coefficient (Wildman–Crippen LogP) is 10.5. The van der Waals surface area contributed by atoms with Gasteiger partial charge in [-0.05, 0) is 38.5 Å². The number of esters is 2. The summed E-state index contributed by atoms with van der Waals surface area (Å²) >= 11 is 0. The molecule has 0 saturated heterocycles. The first kappa shape index (κ1) is 51.5. The van der Waals surface area contributed by atoms with E-state index in [1.165, 1.54) is 89.9 Å². The van der Waals surface area contributed by atoms with Crippen LogP contribution in [0.1, 0.15) is 187 Å². The molecule has 0 bridgehead atoms. The van der Waals surface area contributed by atoms with Gasteiger partial charge in [0.1, 0.15) is 12.6 Å². The fourth-order valence-corrected chi connectivity index (χ4v) is 6.37. The van der Waals surface area contributed by atoms with Crippen molar-refractivity contribution in [3.8, 4) is 0 Å². The van der Waals surface area contributed by atoms with Gasteiger partial charge in [-0.1, -0.05) is 166 Å². The van der Waals surface area contributed by atoms with E-state index < -0.39 is 18.1 Å². The van der Waals surface area contributed by atoms with Gasteiger partial charge in [-0.25, -0.2) is 0 Å². The Bertz CT molecular complexity index is 984. The Labute approximate surface area is 332 Å². The number of allylic oxidation sites excluding steroid dienone is 6. The lowest BCUT2D eigenvalue weighted by Crippen LogP contribution is -2.55. The third-order valence-electron chi connectivity index (χ3n) is 9.84. The van der Waals surface area contributed by atoms with Crippen molar-refractivity contribution in [3.05, 3.63) is 36.5 Å². The fraction of sp³-hybridized carbons (Fsp3) is 0.804. The predicted molar refractivity (Wildman–Crippen MR) is 222 cm³/mol. The van der Waals surface area contributed by atoms with Crippen molar-refractivity contribution in [1.29, 1.82) is 0 Å². The first-order valence-corrected chi connectivity index (χ1v) is 22.0. The van der Waals surface area contributed by atoms with Crippen LogP contribution in [0.4, 0.5) is 0 Å². The molecule has 0 aromatic rings. The minimum Gasteiger partial charge on any atom is -0.544 e. The van der Waals surface area contributed by atoms with Crippen LogP contribution in [0.3, 0.4) is 0 Å². The molecule has 0 fully saturated rings. The van der Waals surface area contributed by atoms with Gasteiger partial charge in [0.05, 0.1) is 40.3 Å². The molecule has 0 amide bonds. The summed E-state index contributed by atoms with van der Waals surface area (Å²) in [5.74, 6) is -1.76. The molecule has 314 valence electrons. The number of rotatable bonds is 39. The number of hydrogen-bond acceptors (Lipinski definition) is 7. The van der Waals surface area contributed by atoms with Gasteiger partial charge in [-0.15, -0.1) is 0 Å². The zero-order valence-corrected chi connectivity index (χ0v) is 35.6. The molecule has 0 radical (unpaired) electrons. The molecule has 2 unspecified atom stereocenters. The Morgan fingerprint density at radius 2 is 0.981 bits per heavy atom. The Balaban J connectivity index is 4.39. The number of carboxylic acid groups (broad SMARTS) is 1. The third-order valence-corrected chi connectivity index (χ3v) is 9.84. The van der Waals surface area contributed by atoms with E-state index in [0.717, 1.165) is 64.2 Å². The Kier molecular flexibility index (Phi) is 35.8. The van der Waals surface area contributed by atoms with Gasteiger partial charge in [-0.2, -0.15) is 0 Å². The number of unbranched alkanes of at least 4 members (excludes halogenated alkanes) is 21. The number of quaternary nitrogens is 1. The number of ether oxygens (including phenoxy) is 3. The van der Waals surface area contributed by atoms with Gasteiger partial charge in [0, 0.05) is 19.3 Å². The normalized spacial score (nSPS) is 13.3. The lowest BCUT2D eigenvalue weighted by molar-refractivity contribution is -0.889. The number of likely N-dealkylation sites (N-methyl/N-ethyl adjacent to an activating group) is 1. The molecule has 2 atom stereocenters. The van der Waals surface area contributed by atoms with Gasteiger partial charge in [0.25, 0.3) is 0 Å². The van der Waals surface area contributed by atoms with Gasteiger partial charge in [-0.3, -0.25) is 9.59 Å². The van der Waals surface area contributed by atoms with E-state index in [2.05, 4.69) is 50.3 Å². The quantitative estimate of drug-likeness (QED) is 0.0266. The second-order valence-corrected chi connectivity index (χ2v) is 16.0. The number of nitrogens with zero attached hydrogens (tertiary/aromatic N) is 1. The molecule has 0 saturated carbocycles. The highest BCUT2D eigenvalue weighted by atomic mass is 16.6. The molecule has 8 nitrogen and oxygen atoms in total. The number of aliphatic carboxylic acids is 1. The van der Waals surface area contributed by atoms with Crippen molar-refractivity contribution in [3.63, 3.8) is 0 Å². The number of hydrogen-bond donors (Lipinski definition) is 0. The highest BCUT2D eigenvalue weighted by Gasteiger charge is 2.25. The van der Waals surface area contributed by atoms with Gasteiger partial charge < -0.3 is 28.6 Å². The lowest BCUT2D eigenvalue weighted by atomic mass is 10.0. The minimum atomic E-state index is -1.13. The van der Waals surface area contributed by atoms with Crippen molar-refractivity contribution in [2.45, 2.75) is 199 Å². The summed E-state index contributed by atoms with van der Waals surface area (Å²) in [6, 6.07) is -0.728. The van der Waals surface area contributed by atoms with E-state index in [1.807, 2.05) is 0 Å². The number of carbonyl (C=O) groups is 3. The molecule has 0 aliphatic heterocycles. The molecule has 0 heterocycles. The number of carbonyl (C=O) groups excluding carboxylic acids is 3. The summed E-state index contributed by atoms with van der Waals surface area (Å²) in [5, 5.41) is 11.6. The van der Waals surface area contributed by atoms with Crippen molar-refractivity contribution >= 4 is 17.9 Å². The summed E-state index contributed by atoms with van der Waals surface area (Å²) in [4.78, 5) is 36.8. The SMILES string of the molecule is CCCCCCC/C=C/C=C/C=C/CCCCCCCC(=O)OC(COCCC(C(=O)[O-])[N+](C)(C)C)COC(=O)CCCCCCCCCCCCCC. The molecule has 0 N–H and O–H groups in total. The molecule has 0 rings (SSSR count). The summed E-state index contributed by atoms with van der Waals surface area (Å²) in [6.45, 7) is 4.62. The summed E-state index contributed by atoms with van der Waals surface area (Å²) in [6.07, 6.45) is 41.6. The van der Waals surface area contributed by atoms with Crippen LogP contribution in [0.15, 0.2) is 36.5 Å². The molecule has 0 spiro atoms. The van der Waals surface area contributed by atoms with Crippen LogP contribution < -0.4 is 5.11 Å². The Morgan fingerprint density at radius 1 is 0.556 bits per heavy atom.